The van der Waals surface area contributed by atoms with Crippen LogP contribution in [0.1, 0.15) is 59.8 Å². The van der Waals surface area contributed by atoms with Crippen molar-refractivity contribution in [3.63, 3.8) is 0 Å². The van der Waals surface area contributed by atoms with E-state index in [0.29, 0.717) is 18.7 Å². The number of carboxylic acids is 1. The van der Waals surface area contributed by atoms with E-state index >= 15 is 0 Å². The third kappa shape index (κ3) is 10.1. The zero-order chi connectivity index (χ0) is 18.4. The van der Waals surface area contributed by atoms with E-state index in [1.165, 1.54) is 32.1 Å². The fourth-order valence-electron chi connectivity index (χ4n) is 3.02. The van der Waals surface area contributed by atoms with E-state index in [0.717, 1.165) is 18.5 Å². The molecular formula is C19H36O4P+. The van der Waals surface area contributed by atoms with Crippen LogP contribution in [0.5, 0.6) is 0 Å². The van der Waals surface area contributed by atoms with Crippen molar-refractivity contribution >= 4 is 19.2 Å². The molecule has 0 aromatic heterocycles. The molecule has 0 aliphatic heterocycles. The van der Waals surface area contributed by atoms with Crippen LogP contribution >= 0.6 is 7.26 Å². The largest absolute Gasteiger partial charge is 0.479 e. The summed E-state index contributed by atoms with van der Waals surface area (Å²) >= 11 is 0. The van der Waals surface area contributed by atoms with Gasteiger partial charge >= 0.3 is 11.9 Å². The summed E-state index contributed by atoms with van der Waals surface area (Å²) in [5.41, 5.74) is 0. The Morgan fingerprint density at radius 3 is 1.96 bits per heavy atom. The Morgan fingerprint density at radius 1 is 1.04 bits per heavy atom. The van der Waals surface area contributed by atoms with Crippen LogP contribution in [-0.4, -0.2) is 48.3 Å². The second kappa shape index (κ2) is 13.4. The molecule has 0 aromatic carbocycles. The highest BCUT2D eigenvalue weighted by Crippen LogP contribution is 2.57. The van der Waals surface area contributed by atoms with Crippen molar-refractivity contribution in [1.82, 2.24) is 0 Å². The Balaban J connectivity index is 0.000000449. The Labute approximate surface area is 148 Å². The summed E-state index contributed by atoms with van der Waals surface area (Å²) in [7, 11) is -1.09. The molecule has 1 aliphatic rings. The zero-order valence-corrected chi connectivity index (χ0v) is 16.8. The number of rotatable bonds is 8. The summed E-state index contributed by atoms with van der Waals surface area (Å²) in [4.78, 5) is 21.5. The van der Waals surface area contributed by atoms with Crippen LogP contribution in [0, 0.1) is 5.92 Å². The van der Waals surface area contributed by atoms with Gasteiger partial charge in [0.15, 0.2) is 6.16 Å². The monoisotopic (exact) mass is 359 g/mol. The molecular weight excluding hydrogens is 323 g/mol. The molecule has 1 rings (SSSR count). The van der Waals surface area contributed by atoms with E-state index in [2.05, 4.69) is 20.8 Å². The highest BCUT2D eigenvalue weighted by molar-refractivity contribution is 7.76. The van der Waals surface area contributed by atoms with E-state index in [4.69, 9.17) is 9.84 Å². The predicted octanol–water partition coefficient (Wildman–Crippen LogP) is 4.83. The van der Waals surface area contributed by atoms with Crippen molar-refractivity contribution in [3.05, 3.63) is 12.2 Å². The van der Waals surface area contributed by atoms with Crippen LogP contribution in [0.3, 0.4) is 0 Å². The number of hydrogen-bond donors (Lipinski definition) is 1. The van der Waals surface area contributed by atoms with E-state index in [-0.39, 0.29) is 5.97 Å². The fraction of sp³-hybridized carbons (Fsp3) is 0.789. The lowest BCUT2D eigenvalue weighted by Gasteiger charge is -2.20. The average Bonchev–Trinajstić information content (AvgIpc) is 2.59. The van der Waals surface area contributed by atoms with Crippen molar-refractivity contribution < 1.29 is 19.4 Å². The van der Waals surface area contributed by atoms with Gasteiger partial charge < -0.3 is 9.84 Å². The molecule has 24 heavy (non-hydrogen) atoms. The molecule has 0 spiro atoms. The summed E-state index contributed by atoms with van der Waals surface area (Å²) in [5.74, 6) is -0.213. The number of aliphatic carboxylic acids is 1. The summed E-state index contributed by atoms with van der Waals surface area (Å²) in [5, 5.41) is 8.67. The number of allylic oxidation sites excluding steroid dienone is 1. The van der Waals surface area contributed by atoms with Gasteiger partial charge in [-0.25, -0.2) is 9.59 Å². The third-order valence-electron chi connectivity index (χ3n) is 4.92. The number of carboxylic acid groups (broad SMARTS) is 1. The smallest absolute Gasteiger partial charge is 0.341 e. The van der Waals surface area contributed by atoms with Gasteiger partial charge in [0.2, 0.25) is 0 Å². The molecule has 4 nitrogen and oxygen atoms in total. The van der Waals surface area contributed by atoms with Crippen molar-refractivity contribution in [2.24, 2.45) is 5.92 Å². The van der Waals surface area contributed by atoms with Gasteiger partial charge in [-0.1, -0.05) is 25.3 Å². The molecule has 0 saturated heterocycles. The summed E-state index contributed by atoms with van der Waals surface area (Å²) in [6.07, 6.45) is 13.7. The summed E-state index contributed by atoms with van der Waals surface area (Å²) in [6, 6.07) is 0. The van der Waals surface area contributed by atoms with Gasteiger partial charge in [-0.15, -0.1) is 0 Å². The average molecular weight is 359 g/mol. The van der Waals surface area contributed by atoms with E-state index in [9.17, 15) is 9.59 Å². The Morgan fingerprint density at radius 2 is 1.58 bits per heavy atom. The highest BCUT2D eigenvalue weighted by Gasteiger charge is 2.33. The Kier molecular flexibility index (Phi) is 12.9. The number of carbonyl (C=O) groups is 2. The van der Waals surface area contributed by atoms with E-state index in [1.54, 1.807) is 6.08 Å². The number of ether oxygens (including phenoxy) is 1. The van der Waals surface area contributed by atoms with Crippen LogP contribution in [0.4, 0.5) is 0 Å². The van der Waals surface area contributed by atoms with Gasteiger partial charge in [-0.05, 0) is 46.5 Å². The van der Waals surface area contributed by atoms with Gasteiger partial charge in [-0.3, -0.25) is 0 Å². The van der Waals surface area contributed by atoms with Gasteiger partial charge in [0.25, 0.3) is 0 Å². The maximum absolute atomic E-state index is 11.0. The van der Waals surface area contributed by atoms with E-state index < -0.39 is 13.2 Å². The molecule has 1 aliphatic carbocycles. The van der Waals surface area contributed by atoms with Crippen molar-refractivity contribution in [3.8, 4) is 0 Å². The van der Waals surface area contributed by atoms with Crippen LogP contribution < -0.4 is 0 Å². The summed E-state index contributed by atoms with van der Waals surface area (Å²) < 4.78 is 4.81. The fourth-order valence-corrected chi connectivity index (χ4v) is 5.61. The molecule has 0 aromatic rings. The van der Waals surface area contributed by atoms with Crippen LogP contribution in [0.15, 0.2) is 12.2 Å². The van der Waals surface area contributed by atoms with Gasteiger partial charge in [-0.2, -0.15) is 0 Å². The second-order valence-electron chi connectivity index (χ2n) is 6.35. The van der Waals surface area contributed by atoms with Gasteiger partial charge in [0.1, 0.15) is 0 Å². The number of esters is 1. The molecule has 0 radical (unpaired) electrons. The van der Waals surface area contributed by atoms with Gasteiger partial charge in [0.05, 0.1) is 25.1 Å². The SMILES string of the molecule is CCOC(=O)/C=C/C1CCCCC1.CC[P+](CC)(CC)CC(=O)O. The first-order valence-electron chi connectivity index (χ1n) is 9.34. The van der Waals surface area contributed by atoms with E-state index in [1.807, 2.05) is 13.0 Å². The molecule has 1 N–H and O–H groups in total. The Bertz CT molecular complexity index is 375. The first-order valence-corrected chi connectivity index (χ1v) is 11.9. The maximum atomic E-state index is 11.0. The quantitative estimate of drug-likeness (QED) is 0.383. The lowest BCUT2D eigenvalue weighted by Crippen LogP contribution is -2.14. The minimum Gasteiger partial charge on any atom is -0.479 e. The maximum Gasteiger partial charge on any atom is 0.341 e. The number of carbonyl (C=O) groups excluding carboxylic acids is 1. The van der Waals surface area contributed by atoms with Crippen LogP contribution in [0.2, 0.25) is 0 Å². The van der Waals surface area contributed by atoms with Gasteiger partial charge in [0, 0.05) is 13.3 Å². The lowest BCUT2D eigenvalue weighted by molar-refractivity contribution is -0.137. The first kappa shape index (κ1) is 23.1. The molecule has 5 heteroatoms. The molecule has 140 valence electrons. The topological polar surface area (TPSA) is 63.6 Å². The normalized spacial score (nSPS) is 15.7. The standard InChI is InChI=1S/C11H18O2.C8H17O2P/c1-2-13-11(12)9-8-10-6-4-3-5-7-10;1-4-11(5-2,6-3)7-8(9)10/h8-10H,2-7H2,1H3;4-7H2,1-3H3/p+1/b9-8+;. The zero-order valence-electron chi connectivity index (χ0n) is 15.9. The molecule has 1 saturated carbocycles. The molecule has 0 atom stereocenters. The third-order valence-corrected chi connectivity index (χ3v) is 9.89. The lowest BCUT2D eigenvalue weighted by atomic mass is 9.89. The van der Waals surface area contributed by atoms with Crippen molar-refractivity contribution in [1.29, 1.82) is 0 Å². The van der Waals surface area contributed by atoms with Crippen molar-refractivity contribution in [2.75, 3.05) is 31.3 Å². The molecule has 0 bridgehead atoms. The second-order valence-corrected chi connectivity index (χ2v) is 11.2. The van der Waals surface area contributed by atoms with Crippen LogP contribution in [0.25, 0.3) is 0 Å². The molecule has 0 heterocycles. The van der Waals surface area contributed by atoms with Crippen LogP contribution in [-0.2, 0) is 14.3 Å². The minimum absolute atomic E-state index is 0.201. The molecule has 1 fully saturated rings. The highest BCUT2D eigenvalue weighted by atomic mass is 31.2. The predicted molar refractivity (Wildman–Crippen MR) is 103 cm³/mol. The summed E-state index contributed by atoms with van der Waals surface area (Å²) in [6.45, 7) is 8.64. The molecule has 0 amide bonds. The molecule has 0 unspecified atom stereocenters. The number of hydrogen-bond acceptors (Lipinski definition) is 3. The first-order chi connectivity index (χ1) is 11.4. The minimum atomic E-state index is -1.09. The van der Waals surface area contributed by atoms with Crippen molar-refractivity contribution in [2.45, 2.75) is 59.8 Å². The Hall–Kier alpha value is -0.890.